The number of nitrogens with one attached hydrogen (secondary N) is 1. The number of morpholine rings is 1. The highest BCUT2D eigenvalue weighted by atomic mass is 16.5. The molecule has 1 aliphatic heterocycles. The first-order chi connectivity index (χ1) is 11.0. The Bertz CT molecular complexity index is 555. The Hall–Kier alpha value is -1.93. The molecule has 1 saturated heterocycles. The van der Waals surface area contributed by atoms with E-state index >= 15 is 0 Å². The molecule has 0 spiro atoms. The highest BCUT2D eigenvalue weighted by Gasteiger charge is 2.40. The molecule has 1 aromatic heterocycles. The highest BCUT2D eigenvalue weighted by Crippen LogP contribution is 2.23. The van der Waals surface area contributed by atoms with Crippen molar-refractivity contribution in [1.29, 1.82) is 0 Å². The van der Waals surface area contributed by atoms with Crippen LogP contribution in [0.3, 0.4) is 0 Å². The number of nitrogens with zero attached hydrogens (tertiary/aromatic N) is 3. The van der Waals surface area contributed by atoms with Crippen LogP contribution in [0.15, 0.2) is 12.4 Å². The van der Waals surface area contributed by atoms with Crippen molar-refractivity contribution in [2.75, 3.05) is 40.5 Å². The van der Waals surface area contributed by atoms with E-state index in [0.717, 1.165) is 5.82 Å². The lowest BCUT2D eigenvalue weighted by Crippen LogP contribution is -2.57. The molecule has 0 aliphatic carbocycles. The van der Waals surface area contributed by atoms with E-state index in [1.807, 2.05) is 6.92 Å². The van der Waals surface area contributed by atoms with Crippen molar-refractivity contribution < 1.29 is 19.1 Å². The number of imidazole rings is 1. The van der Waals surface area contributed by atoms with E-state index < -0.39 is 5.60 Å². The number of carbonyl (C=O) groups excluding carboxylic acids is 2. The fourth-order valence-corrected chi connectivity index (χ4v) is 2.76. The van der Waals surface area contributed by atoms with Gasteiger partial charge in [-0.2, -0.15) is 0 Å². The van der Waals surface area contributed by atoms with E-state index in [9.17, 15) is 9.59 Å². The summed E-state index contributed by atoms with van der Waals surface area (Å²) in [4.78, 5) is 30.2. The Morgan fingerprint density at radius 2 is 2.30 bits per heavy atom. The van der Waals surface area contributed by atoms with Gasteiger partial charge >= 0.3 is 0 Å². The summed E-state index contributed by atoms with van der Waals surface area (Å²) < 4.78 is 12.8. The number of amides is 2. The van der Waals surface area contributed by atoms with Gasteiger partial charge in [-0.1, -0.05) is 0 Å². The van der Waals surface area contributed by atoms with Gasteiger partial charge in [0.25, 0.3) is 0 Å². The Kier molecular flexibility index (Phi) is 5.73. The van der Waals surface area contributed by atoms with Crippen molar-refractivity contribution in [1.82, 2.24) is 19.8 Å². The minimum Gasteiger partial charge on any atom is -0.382 e. The first-order valence-corrected chi connectivity index (χ1v) is 7.58. The fourth-order valence-electron chi connectivity index (χ4n) is 2.76. The average molecular weight is 324 g/mol. The summed E-state index contributed by atoms with van der Waals surface area (Å²) in [7, 11) is 3.14. The first kappa shape index (κ1) is 17.4. The van der Waals surface area contributed by atoms with Gasteiger partial charge < -0.3 is 24.3 Å². The van der Waals surface area contributed by atoms with Crippen LogP contribution in [-0.4, -0.2) is 72.3 Å². The van der Waals surface area contributed by atoms with Crippen molar-refractivity contribution in [3.63, 3.8) is 0 Å². The minimum atomic E-state index is -0.799. The SMILES string of the molecule is CNC(=O)C[C@@]1(COC)CN(C(=O)Cn2ccnc2C)CCO1. The lowest BCUT2D eigenvalue weighted by molar-refractivity contribution is -0.167. The zero-order valence-corrected chi connectivity index (χ0v) is 13.9. The van der Waals surface area contributed by atoms with Gasteiger partial charge in [-0.25, -0.2) is 4.98 Å². The van der Waals surface area contributed by atoms with Crippen LogP contribution in [0.1, 0.15) is 12.2 Å². The summed E-state index contributed by atoms with van der Waals surface area (Å²) in [6.07, 6.45) is 3.61. The third-order valence-electron chi connectivity index (χ3n) is 4.00. The number of aryl methyl sites for hydroxylation is 1. The summed E-state index contributed by atoms with van der Waals surface area (Å²) in [6.45, 7) is 3.57. The standard InChI is InChI=1S/C15H24N4O4/c1-12-17-4-5-18(12)9-14(21)19-6-7-23-15(10-19,11-22-3)8-13(20)16-2/h4-5H,6-11H2,1-3H3,(H,16,20)/t15-/m0/s1. The molecule has 8 nitrogen and oxygen atoms in total. The third-order valence-corrected chi connectivity index (χ3v) is 4.00. The maximum absolute atomic E-state index is 12.5. The Morgan fingerprint density at radius 1 is 1.52 bits per heavy atom. The van der Waals surface area contributed by atoms with Crippen LogP contribution in [-0.2, 0) is 25.6 Å². The van der Waals surface area contributed by atoms with E-state index in [1.165, 1.54) is 0 Å². The third kappa shape index (κ3) is 4.29. The Labute approximate surface area is 135 Å². The second-order valence-corrected chi connectivity index (χ2v) is 5.73. The van der Waals surface area contributed by atoms with Gasteiger partial charge in [0.1, 0.15) is 18.0 Å². The smallest absolute Gasteiger partial charge is 0.242 e. The summed E-state index contributed by atoms with van der Waals surface area (Å²) in [5, 5.41) is 2.59. The van der Waals surface area contributed by atoms with Crippen LogP contribution in [0, 0.1) is 6.92 Å². The summed E-state index contributed by atoms with van der Waals surface area (Å²) >= 11 is 0. The molecule has 1 aromatic rings. The van der Waals surface area contributed by atoms with E-state index in [2.05, 4.69) is 10.3 Å². The second-order valence-electron chi connectivity index (χ2n) is 5.73. The molecule has 2 heterocycles. The van der Waals surface area contributed by atoms with Gasteiger partial charge in [0, 0.05) is 33.1 Å². The van der Waals surface area contributed by atoms with E-state index in [0.29, 0.717) is 19.7 Å². The molecule has 2 amide bonds. The lowest BCUT2D eigenvalue weighted by Gasteiger charge is -2.42. The number of aromatic nitrogens is 2. The van der Waals surface area contributed by atoms with Crippen molar-refractivity contribution >= 4 is 11.8 Å². The maximum Gasteiger partial charge on any atom is 0.242 e. The van der Waals surface area contributed by atoms with Gasteiger partial charge in [0.2, 0.25) is 11.8 Å². The predicted octanol–water partition coefficient (Wildman–Crippen LogP) is -0.428. The lowest BCUT2D eigenvalue weighted by atomic mass is 9.97. The Morgan fingerprint density at radius 3 is 2.91 bits per heavy atom. The molecule has 23 heavy (non-hydrogen) atoms. The topological polar surface area (TPSA) is 85.7 Å². The van der Waals surface area contributed by atoms with Crippen LogP contribution < -0.4 is 5.32 Å². The van der Waals surface area contributed by atoms with Crippen molar-refractivity contribution in [2.45, 2.75) is 25.5 Å². The molecule has 1 fully saturated rings. The number of ether oxygens (including phenoxy) is 2. The molecule has 1 aliphatic rings. The first-order valence-electron chi connectivity index (χ1n) is 7.58. The molecule has 0 aromatic carbocycles. The number of hydrogen-bond acceptors (Lipinski definition) is 5. The Balaban J connectivity index is 2.06. The number of hydrogen-bond donors (Lipinski definition) is 1. The van der Waals surface area contributed by atoms with Gasteiger partial charge in [-0.15, -0.1) is 0 Å². The molecule has 8 heteroatoms. The second kappa shape index (κ2) is 7.56. The van der Waals surface area contributed by atoms with Gasteiger partial charge in [0.05, 0.1) is 26.2 Å². The molecular formula is C15H24N4O4. The molecule has 0 unspecified atom stereocenters. The van der Waals surface area contributed by atoms with Crippen molar-refractivity contribution in [2.24, 2.45) is 0 Å². The quantitative estimate of drug-likeness (QED) is 0.767. The van der Waals surface area contributed by atoms with Crippen molar-refractivity contribution in [3.8, 4) is 0 Å². The maximum atomic E-state index is 12.5. The van der Waals surface area contributed by atoms with Crippen LogP contribution in [0.2, 0.25) is 0 Å². The van der Waals surface area contributed by atoms with E-state index in [1.54, 1.807) is 36.0 Å². The minimum absolute atomic E-state index is 0.0215. The summed E-state index contributed by atoms with van der Waals surface area (Å²) in [5.41, 5.74) is -0.799. The molecule has 128 valence electrons. The molecule has 0 bridgehead atoms. The molecule has 0 radical (unpaired) electrons. The normalized spacial score (nSPS) is 21.3. The fraction of sp³-hybridized carbons (Fsp3) is 0.667. The predicted molar refractivity (Wildman–Crippen MR) is 82.8 cm³/mol. The monoisotopic (exact) mass is 324 g/mol. The van der Waals surface area contributed by atoms with Crippen LogP contribution in [0.4, 0.5) is 0 Å². The average Bonchev–Trinajstić information content (AvgIpc) is 2.92. The van der Waals surface area contributed by atoms with Gasteiger partial charge in [-0.05, 0) is 6.92 Å². The zero-order chi connectivity index (χ0) is 16.9. The highest BCUT2D eigenvalue weighted by molar-refractivity contribution is 5.78. The molecular weight excluding hydrogens is 300 g/mol. The van der Waals surface area contributed by atoms with Crippen molar-refractivity contribution in [3.05, 3.63) is 18.2 Å². The van der Waals surface area contributed by atoms with Gasteiger partial charge in [0.15, 0.2) is 0 Å². The molecule has 1 atom stereocenters. The number of methoxy groups -OCH3 is 1. The zero-order valence-electron chi connectivity index (χ0n) is 13.9. The number of rotatable bonds is 6. The molecule has 0 saturated carbocycles. The van der Waals surface area contributed by atoms with Crippen LogP contribution in [0.25, 0.3) is 0 Å². The summed E-state index contributed by atoms with van der Waals surface area (Å²) in [5.74, 6) is 0.633. The van der Waals surface area contributed by atoms with Crippen LogP contribution >= 0.6 is 0 Å². The number of carbonyl (C=O) groups is 2. The van der Waals surface area contributed by atoms with Crippen LogP contribution in [0.5, 0.6) is 0 Å². The summed E-state index contributed by atoms with van der Waals surface area (Å²) in [6, 6.07) is 0. The largest absolute Gasteiger partial charge is 0.382 e. The van der Waals surface area contributed by atoms with Gasteiger partial charge in [-0.3, -0.25) is 9.59 Å². The van der Waals surface area contributed by atoms with E-state index in [4.69, 9.17) is 9.47 Å². The molecule has 1 N–H and O–H groups in total. The molecule has 2 rings (SSSR count). The van der Waals surface area contributed by atoms with E-state index in [-0.39, 0.29) is 31.4 Å².